The topological polar surface area (TPSA) is 55.8 Å². The van der Waals surface area contributed by atoms with Crippen molar-refractivity contribution < 1.29 is 9.90 Å². The summed E-state index contributed by atoms with van der Waals surface area (Å²) in [6.45, 7) is 10.6. The van der Waals surface area contributed by atoms with Gasteiger partial charge in [0, 0.05) is 38.3 Å². The summed E-state index contributed by atoms with van der Waals surface area (Å²) in [5.41, 5.74) is 2.56. The van der Waals surface area contributed by atoms with Gasteiger partial charge in [-0.3, -0.25) is 14.6 Å². The highest BCUT2D eigenvalue weighted by atomic mass is 16.3. The molecule has 1 aromatic rings. The predicted octanol–water partition coefficient (Wildman–Crippen LogP) is 1.43. The van der Waals surface area contributed by atoms with Crippen LogP contribution in [0.25, 0.3) is 0 Å². The van der Waals surface area contributed by atoms with Crippen LogP contribution in [0.4, 0.5) is 0 Å². The first kappa shape index (κ1) is 19.9. The molecule has 1 aliphatic rings. The smallest absolute Gasteiger partial charge is 0.234 e. The molecule has 1 aliphatic heterocycles. The van der Waals surface area contributed by atoms with Crippen molar-refractivity contribution in [1.29, 1.82) is 0 Å². The number of carbonyl (C=O) groups is 1. The van der Waals surface area contributed by atoms with Crippen LogP contribution >= 0.6 is 0 Å². The van der Waals surface area contributed by atoms with Gasteiger partial charge in [-0.1, -0.05) is 31.2 Å². The summed E-state index contributed by atoms with van der Waals surface area (Å²) < 4.78 is 0. The van der Waals surface area contributed by atoms with Crippen LogP contribution in [-0.4, -0.2) is 72.2 Å². The third-order valence-electron chi connectivity index (χ3n) is 5.17. The Morgan fingerprint density at radius 2 is 1.92 bits per heavy atom. The van der Waals surface area contributed by atoms with E-state index in [9.17, 15) is 9.90 Å². The number of aliphatic hydroxyl groups is 1. The molecule has 140 valence electrons. The van der Waals surface area contributed by atoms with Gasteiger partial charge in [0.25, 0.3) is 0 Å². The number of aryl methyl sites for hydroxylation is 1. The minimum Gasteiger partial charge on any atom is -0.395 e. The van der Waals surface area contributed by atoms with Crippen molar-refractivity contribution in [3.05, 3.63) is 35.4 Å². The quantitative estimate of drug-likeness (QED) is 0.747. The Hall–Kier alpha value is -1.43. The van der Waals surface area contributed by atoms with Crippen LogP contribution in [0.2, 0.25) is 0 Å². The molecule has 1 saturated heterocycles. The van der Waals surface area contributed by atoms with Crippen molar-refractivity contribution in [2.24, 2.45) is 0 Å². The first-order chi connectivity index (χ1) is 12.0. The third kappa shape index (κ3) is 6.10. The fourth-order valence-corrected chi connectivity index (χ4v) is 3.53. The molecule has 2 atom stereocenters. The minimum atomic E-state index is 0.101. The largest absolute Gasteiger partial charge is 0.395 e. The molecule has 2 N–H and O–H groups in total. The van der Waals surface area contributed by atoms with Crippen molar-refractivity contribution >= 4 is 5.91 Å². The minimum absolute atomic E-state index is 0.101. The summed E-state index contributed by atoms with van der Waals surface area (Å²) in [5.74, 6) is 0.101. The lowest BCUT2D eigenvalue weighted by Crippen LogP contribution is -2.53. The van der Waals surface area contributed by atoms with Crippen molar-refractivity contribution in [2.45, 2.75) is 45.7 Å². The van der Waals surface area contributed by atoms with Gasteiger partial charge in [-0.05, 0) is 37.8 Å². The number of piperazine rings is 1. The van der Waals surface area contributed by atoms with E-state index in [-0.39, 0.29) is 24.6 Å². The fraction of sp³-hybridized carbons (Fsp3) is 0.650. The molecule has 5 heteroatoms. The van der Waals surface area contributed by atoms with E-state index in [1.807, 2.05) is 12.1 Å². The zero-order valence-electron chi connectivity index (χ0n) is 15.9. The van der Waals surface area contributed by atoms with E-state index in [1.165, 1.54) is 11.1 Å². The van der Waals surface area contributed by atoms with Gasteiger partial charge >= 0.3 is 0 Å². The van der Waals surface area contributed by atoms with Crippen LogP contribution in [0.5, 0.6) is 0 Å². The van der Waals surface area contributed by atoms with Crippen molar-refractivity contribution in [1.82, 2.24) is 15.1 Å². The second-order valence-corrected chi connectivity index (χ2v) is 7.16. The van der Waals surface area contributed by atoms with E-state index in [2.05, 4.69) is 48.0 Å². The molecular weight excluding hydrogens is 314 g/mol. The zero-order valence-corrected chi connectivity index (χ0v) is 15.9. The highest BCUT2D eigenvalue weighted by Gasteiger charge is 2.23. The van der Waals surface area contributed by atoms with Crippen LogP contribution in [0.3, 0.4) is 0 Å². The summed E-state index contributed by atoms with van der Waals surface area (Å²) in [6.07, 6.45) is 1.83. The molecule has 0 radical (unpaired) electrons. The third-order valence-corrected chi connectivity index (χ3v) is 5.17. The Morgan fingerprint density at radius 3 is 2.52 bits per heavy atom. The number of benzene rings is 1. The Labute approximate surface area is 152 Å². The molecule has 25 heavy (non-hydrogen) atoms. The molecule has 1 aromatic carbocycles. The summed E-state index contributed by atoms with van der Waals surface area (Å²) in [6, 6.07) is 8.72. The molecule has 0 spiro atoms. The number of rotatable bonds is 8. The predicted molar refractivity (Wildman–Crippen MR) is 102 cm³/mol. The van der Waals surface area contributed by atoms with Gasteiger partial charge in [0.15, 0.2) is 0 Å². The second kappa shape index (κ2) is 9.90. The van der Waals surface area contributed by atoms with E-state index in [4.69, 9.17) is 0 Å². The molecule has 0 aromatic heterocycles. The number of nitrogens with one attached hydrogen (secondary N) is 1. The molecule has 0 bridgehead atoms. The lowest BCUT2D eigenvalue weighted by atomic mass is 10.0. The van der Waals surface area contributed by atoms with E-state index >= 15 is 0 Å². The van der Waals surface area contributed by atoms with Crippen molar-refractivity contribution in [3.8, 4) is 0 Å². The number of hydrogen-bond acceptors (Lipinski definition) is 4. The first-order valence-corrected chi connectivity index (χ1v) is 9.44. The Kier molecular flexibility index (Phi) is 7.88. The van der Waals surface area contributed by atoms with Gasteiger partial charge in [-0.25, -0.2) is 0 Å². The highest BCUT2D eigenvalue weighted by molar-refractivity contribution is 5.78. The van der Waals surface area contributed by atoms with E-state index in [0.29, 0.717) is 6.54 Å². The van der Waals surface area contributed by atoms with E-state index < -0.39 is 0 Å². The van der Waals surface area contributed by atoms with Gasteiger partial charge in [-0.15, -0.1) is 0 Å². The van der Waals surface area contributed by atoms with Gasteiger partial charge < -0.3 is 10.4 Å². The molecule has 2 rings (SSSR count). The van der Waals surface area contributed by atoms with Crippen LogP contribution in [-0.2, 0) is 11.2 Å². The van der Waals surface area contributed by atoms with Gasteiger partial charge in [-0.2, -0.15) is 0 Å². The van der Waals surface area contributed by atoms with Gasteiger partial charge in [0.05, 0.1) is 13.2 Å². The summed E-state index contributed by atoms with van der Waals surface area (Å²) in [4.78, 5) is 16.9. The average molecular weight is 348 g/mol. The summed E-state index contributed by atoms with van der Waals surface area (Å²) in [7, 11) is 0. The van der Waals surface area contributed by atoms with Crippen LogP contribution in [0, 0.1) is 6.92 Å². The van der Waals surface area contributed by atoms with Crippen molar-refractivity contribution in [2.75, 3.05) is 39.3 Å². The number of aliphatic hydroxyl groups excluding tert-OH is 1. The second-order valence-electron chi connectivity index (χ2n) is 7.16. The van der Waals surface area contributed by atoms with Crippen molar-refractivity contribution in [3.63, 3.8) is 0 Å². The van der Waals surface area contributed by atoms with Crippen LogP contribution in [0.1, 0.15) is 31.4 Å². The lowest BCUT2D eigenvalue weighted by molar-refractivity contribution is -0.123. The Balaban J connectivity index is 1.73. The molecular formula is C20H33N3O2. The Bertz CT molecular complexity index is 537. The first-order valence-electron chi connectivity index (χ1n) is 9.44. The van der Waals surface area contributed by atoms with Crippen LogP contribution < -0.4 is 5.32 Å². The maximum Gasteiger partial charge on any atom is 0.234 e. The van der Waals surface area contributed by atoms with Gasteiger partial charge in [0.1, 0.15) is 0 Å². The summed E-state index contributed by atoms with van der Waals surface area (Å²) in [5, 5.41) is 12.5. The summed E-state index contributed by atoms with van der Waals surface area (Å²) >= 11 is 0. The van der Waals surface area contributed by atoms with E-state index in [1.54, 1.807) is 0 Å². The monoisotopic (exact) mass is 347 g/mol. The molecule has 1 heterocycles. The van der Waals surface area contributed by atoms with E-state index in [0.717, 1.165) is 39.0 Å². The normalized spacial score (nSPS) is 18.7. The number of nitrogens with zero attached hydrogens (tertiary/aromatic N) is 2. The van der Waals surface area contributed by atoms with Crippen LogP contribution in [0.15, 0.2) is 24.3 Å². The SMILES string of the molecule is CCC(CO)N1CCN(CC(=O)NC(C)Cc2ccccc2C)CC1. The molecule has 0 aliphatic carbocycles. The van der Waals surface area contributed by atoms with Gasteiger partial charge in [0.2, 0.25) is 5.91 Å². The standard InChI is InChI=1S/C20H33N3O2/c1-4-19(15-24)23-11-9-22(10-12-23)14-20(25)21-17(3)13-18-8-6-5-7-16(18)2/h5-8,17,19,24H,4,9-15H2,1-3H3,(H,21,25). The number of carbonyl (C=O) groups excluding carboxylic acids is 1. The maximum absolute atomic E-state index is 12.3. The molecule has 5 nitrogen and oxygen atoms in total. The Morgan fingerprint density at radius 1 is 1.24 bits per heavy atom. The fourth-order valence-electron chi connectivity index (χ4n) is 3.53. The number of amides is 1. The molecule has 1 amide bonds. The lowest BCUT2D eigenvalue weighted by Gasteiger charge is -2.38. The zero-order chi connectivity index (χ0) is 18.2. The maximum atomic E-state index is 12.3. The highest BCUT2D eigenvalue weighted by Crippen LogP contribution is 2.10. The molecule has 2 unspecified atom stereocenters. The average Bonchev–Trinajstić information content (AvgIpc) is 2.59. The molecule has 1 fully saturated rings. The number of hydrogen-bond donors (Lipinski definition) is 2. The molecule has 0 saturated carbocycles.